The van der Waals surface area contributed by atoms with Gasteiger partial charge in [0.15, 0.2) is 5.96 Å². The lowest BCUT2D eigenvalue weighted by atomic mass is 10.2. The van der Waals surface area contributed by atoms with Crippen molar-refractivity contribution in [3.63, 3.8) is 0 Å². The number of nitrogens with one attached hydrogen (secondary N) is 2. The highest BCUT2D eigenvalue weighted by molar-refractivity contribution is 14.0. The van der Waals surface area contributed by atoms with Crippen LogP contribution in [0.3, 0.4) is 0 Å². The molecule has 0 saturated carbocycles. The van der Waals surface area contributed by atoms with E-state index in [1.165, 1.54) is 45.6 Å². The summed E-state index contributed by atoms with van der Waals surface area (Å²) in [6.07, 6.45) is 2.47. The van der Waals surface area contributed by atoms with Crippen molar-refractivity contribution in [1.29, 1.82) is 0 Å². The van der Waals surface area contributed by atoms with Crippen LogP contribution in [0.15, 0.2) is 4.99 Å². The van der Waals surface area contributed by atoms with Gasteiger partial charge < -0.3 is 20.4 Å². The first-order chi connectivity index (χ1) is 9.61. The summed E-state index contributed by atoms with van der Waals surface area (Å²) in [5, 5.41) is 6.73. The molecule has 0 radical (unpaired) electrons. The first kappa shape index (κ1) is 20.9. The number of aliphatic imine (C=N–C) groups is 1. The maximum Gasteiger partial charge on any atom is 0.190 e. The molecule has 0 aromatic rings. The normalized spacial score (nSPS) is 18.2. The molecule has 0 aliphatic carbocycles. The van der Waals surface area contributed by atoms with Crippen molar-refractivity contribution >= 4 is 29.9 Å². The van der Waals surface area contributed by atoms with Gasteiger partial charge in [0.05, 0.1) is 0 Å². The Bertz CT molecular complexity index is 283. The lowest BCUT2D eigenvalue weighted by Gasteiger charge is -2.20. The summed E-state index contributed by atoms with van der Waals surface area (Å²) in [4.78, 5) is 9.25. The molecule has 0 spiro atoms. The van der Waals surface area contributed by atoms with E-state index in [-0.39, 0.29) is 24.0 Å². The Morgan fingerprint density at radius 2 is 1.90 bits per heavy atom. The van der Waals surface area contributed by atoms with E-state index in [4.69, 9.17) is 0 Å². The first-order valence-corrected chi connectivity index (χ1v) is 7.97. The highest BCUT2D eigenvalue weighted by Gasteiger charge is 2.11. The van der Waals surface area contributed by atoms with Crippen LogP contribution in [0.5, 0.6) is 0 Å². The highest BCUT2D eigenvalue weighted by atomic mass is 127. The molecule has 0 atom stereocenters. The Labute approximate surface area is 148 Å². The van der Waals surface area contributed by atoms with Gasteiger partial charge in [-0.05, 0) is 45.4 Å². The molecular formula is C15H34IN5. The third kappa shape index (κ3) is 10.3. The lowest BCUT2D eigenvalue weighted by Crippen LogP contribution is -2.40. The maximum atomic E-state index is 4.24. The van der Waals surface area contributed by atoms with Crippen molar-refractivity contribution in [3.8, 4) is 0 Å². The maximum absolute atomic E-state index is 4.24. The van der Waals surface area contributed by atoms with Gasteiger partial charge in [0.1, 0.15) is 0 Å². The molecule has 0 bridgehead atoms. The molecule has 5 nitrogen and oxygen atoms in total. The fraction of sp³-hybridized carbons (Fsp3) is 0.933. The number of nitrogens with zero attached hydrogens (tertiary/aromatic N) is 3. The molecule has 0 amide bonds. The number of hydrogen-bond acceptors (Lipinski definition) is 3. The Kier molecular flexibility index (Phi) is 12.4. The second-order valence-corrected chi connectivity index (χ2v) is 6.13. The summed E-state index contributed by atoms with van der Waals surface area (Å²) in [5.41, 5.74) is 0. The summed E-state index contributed by atoms with van der Waals surface area (Å²) in [5.74, 6) is 1.57. The Morgan fingerprint density at radius 1 is 1.14 bits per heavy atom. The topological polar surface area (TPSA) is 42.9 Å². The molecule has 1 saturated heterocycles. The summed E-state index contributed by atoms with van der Waals surface area (Å²) < 4.78 is 0. The van der Waals surface area contributed by atoms with Crippen molar-refractivity contribution in [3.05, 3.63) is 0 Å². The minimum Gasteiger partial charge on any atom is -0.356 e. The fourth-order valence-electron chi connectivity index (χ4n) is 2.35. The van der Waals surface area contributed by atoms with Gasteiger partial charge >= 0.3 is 0 Å². The van der Waals surface area contributed by atoms with Crippen LogP contribution in [0.2, 0.25) is 0 Å². The van der Waals surface area contributed by atoms with E-state index in [0.29, 0.717) is 5.92 Å². The molecule has 1 aliphatic heterocycles. The number of hydrogen-bond donors (Lipinski definition) is 2. The Hall–Kier alpha value is -0.0800. The van der Waals surface area contributed by atoms with Crippen LogP contribution in [-0.4, -0.2) is 75.7 Å². The minimum atomic E-state index is 0. The number of guanidine groups is 1. The summed E-state index contributed by atoms with van der Waals surface area (Å²) in [6, 6.07) is 0. The third-order valence-corrected chi connectivity index (χ3v) is 3.66. The van der Waals surface area contributed by atoms with Crippen LogP contribution in [0.1, 0.15) is 26.7 Å². The smallest absolute Gasteiger partial charge is 0.190 e. The zero-order valence-corrected chi connectivity index (χ0v) is 16.5. The van der Waals surface area contributed by atoms with E-state index in [0.717, 1.165) is 19.0 Å². The van der Waals surface area contributed by atoms with Crippen LogP contribution in [0.4, 0.5) is 0 Å². The SMILES string of the molecule is CN=C(NCCCN1CCCN(C)CC1)NCC(C)C.I. The average Bonchev–Trinajstić information content (AvgIpc) is 2.62. The number of rotatable bonds is 6. The standard InChI is InChI=1S/C15H33N5.HI/c1-14(2)13-18-15(16-3)17-7-5-9-20-10-6-8-19(4)11-12-20;/h14H,5-13H2,1-4H3,(H2,16,17,18);1H. The first-order valence-electron chi connectivity index (χ1n) is 7.97. The van der Waals surface area contributed by atoms with E-state index in [2.05, 4.69) is 46.3 Å². The van der Waals surface area contributed by atoms with Gasteiger partial charge in [0.2, 0.25) is 0 Å². The zero-order valence-electron chi connectivity index (χ0n) is 14.2. The quantitative estimate of drug-likeness (QED) is 0.301. The second-order valence-electron chi connectivity index (χ2n) is 6.13. The molecule has 1 rings (SSSR count). The second kappa shape index (κ2) is 12.5. The van der Waals surface area contributed by atoms with Crippen LogP contribution >= 0.6 is 24.0 Å². The van der Waals surface area contributed by atoms with E-state index in [9.17, 15) is 0 Å². The van der Waals surface area contributed by atoms with Gasteiger partial charge in [-0.25, -0.2) is 0 Å². The predicted molar refractivity (Wildman–Crippen MR) is 103 cm³/mol. The molecule has 0 unspecified atom stereocenters. The summed E-state index contributed by atoms with van der Waals surface area (Å²) in [7, 11) is 4.05. The van der Waals surface area contributed by atoms with Crippen LogP contribution in [0, 0.1) is 5.92 Å². The van der Waals surface area contributed by atoms with E-state index in [1.54, 1.807) is 0 Å². The van der Waals surface area contributed by atoms with E-state index in [1.807, 2.05) is 7.05 Å². The largest absolute Gasteiger partial charge is 0.356 e. The molecular weight excluding hydrogens is 377 g/mol. The van der Waals surface area contributed by atoms with E-state index >= 15 is 0 Å². The summed E-state index contributed by atoms with van der Waals surface area (Å²) in [6.45, 7) is 12.4. The van der Waals surface area contributed by atoms with Gasteiger partial charge in [0.25, 0.3) is 0 Å². The molecule has 0 aromatic heterocycles. The fourth-order valence-corrected chi connectivity index (χ4v) is 2.35. The van der Waals surface area contributed by atoms with Crippen molar-refractivity contribution in [2.45, 2.75) is 26.7 Å². The molecule has 21 heavy (non-hydrogen) atoms. The average molecular weight is 411 g/mol. The van der Waals surface area contributed by atoms with Crippen LogP contribution in [0.25, 0.3) is 0 Å². The van der Waals surface area contributed by atoms with Gasteiger partial charge in [0, 0.05) is 33.2 Å². The van der Waals surface area contributed by atoms with Crippen molar-refractivity contribution in [1.82, 2.24) is 20.4 Å². The molecule has 2 N–H and O–H groups in total. The highest BCUT2D eigenvalue weighted by Crippen LogP contribution is 2.01. The Balaban J connectivity index is 0.00000400. The Morgan fingerprint density at radius 3 is 2.57 bits per heavy atom. The molecule has 1 heterocycles. The zero-order chi connectivity index (χ0) is 14.8. The van der Waals surface area contributed by atoms with Crippen molar-refractivity contribution < 1.29 is 0 Å². The predicted octanol–water partition coefficient (Wildman–Crippen LogP) is 1.45. The molecule has 1 aliphatic rings. The number of halogens is 1. The monoisotopic (exact) mass is 411 g/mol. The van der Waals surface area contributed by atoms with Gasteiger partial charge in [-0.1, -0.05) is 13.8 Å². The molecule has 6 heteroatoms. The van der Waals surface area contributed by atoms with Crippen molar-refractivity contribution in [2.75, 3.05) is 59.9 Å². The third-order valence-electron chi connectivity index (χ3n) is 3.66. The van der Waals surface area contributed by atoms with Crippen LogP contribution in [-0.2, 0) is 0 Å². The van der Waals surface area contributed by atoms with Gasteiger partial charge in [-0.15, -0.1) is 24.0 Å². The van der Waals surface area contributed by atoms with Crippen molar-refractivity contribution in [2.24, 2.45) is 10.9 Å². The lowest BCUT2D eigenvalue weighted by molar-refractivity contribution is 0.274. The molecule has 1 fully saturated rings. The minimum absolute atomic E-state index is 0. The van der Waals surface area contributed by atoms with Crippen LogP contribution < -0.4 is 10.6 Å². The molecule has 126 valence electrons. The van der Waals surface area contributed by atoms with Gasteiger partial charge in [-0.2, -0.15) is 0 Å². The molecule has 0 aromatic carbocycles. The van der Waals surface area contributed by atoms with E-state index < -0.39 is 0 Å². The van der Waals surface area contributed by atoms with Gasteiger partial charge in [-0.3, -0.25) is 4.99 Å². The number of likely N-dealkylation sites (N-methyl/N-ethyl adjacent to an activating group) is 1. The summed E-state index contributed by atoms with van der Waals surface area (Å²) >= 11 is 0.